The Morgan fingerprint density at radius 3 is 2.45 bits per heavy atom. The maximum Gasteiger partial charge on any atom is 0.190 e. The summed E-state index contributed by atoms with van der Waals surface area (Å²) in [5.74, 6) is 0.220. The van der Waals surface area contributed by atoms with Crippen molar-refractivity contribution < 1.29 is 19.1 Å². The van der Waals surface area contributed by atoms with Gasteiger partial charge in [-0.3, -0.25) is 9.59 Å². The lowest BCUT2D eigenvalue weighted by atomic mass is 9.83. The predicted octanol–water partition coefficient (Wildman–Crippen LogP) is 2.83. The van der Waals surface area contributed by atoms with E-state index in [2.05, 4.69) is 6.58 Å². The van der Waals surface area contributed by atoms with Gasteiger partial charge >= 0.3 is 0 Å². The quantitative estimate of drug-likeness (QED) is 0.791. The van der Waals surface area contributed by atoms with Gasteiger partial charge in [-0.25, -0.2) is 0 Å². The van der Waals surface area contributed by atoms with Gasteiger partial charge in [0, 0.05) is 23.1 Å². The molecule has 1 unspecified atom stereocenters. The van der Waals surface area contributed by atoms with Crippen molar-refractivity contribution in [2.24, 2.45) is 5.92 Å². The highest BCUT2D eigenvalue weighted by molar-refractivity contribution is 6.26. The van der Waals surface area contributed by atoms with Crippen molar-refractivity contribution in [1.82, 2.24) is 0 Å². The summed E-state index contributed by atoms with van der Waals surface area (Å²) in [6, 6.07) is 3.17. The van der Waals surface area contributed by atoms with Gasteiger partial charge in [-0.2, -0.15) is 0 Å². The van der Waals surface area contributed by atoms with Crippen LogP contribution in [-0.2, 0) is 0 Å². The van der Waals surface area contributed by atoms with E-state index in [1.54, 1.807) is 18.2 Å². The molecule has 4 heteroatoms. The molecule has 0 amide bonds. The van der Waals surface area contributed by atoms with Crippen molar-refractivity contribution in [3.63, 3.8) is 0 Å². The van der Waals surface area contributed by atoms with Crippen LogP contribution in [-0.4, -0.2) is 25.8 Å². The highest BCUT2D eigenvalue weighted by Gasteiger charge is 2.31. The summed E-state index contributed by atoms with van der Waals surface area (Å²) in [4.78, 5) is 24.8. The predicted molar refractivity (Wildman–Crippen MR) is 75.7 cm³/mol. The van der Waals surface area contributed by atoms with E-state index in [1.165, 1.54) is 20.3 Å². The van der Waals surface area contributed by atoms with Crippen molar-refractivity contribution in [1.29, 1.82) is 0 Å². The number of allylic oxidation sites excluding steroid dienone is 3. The molecular formula is C16H16O4. The molecule has 1 aliphatic carbocycles. The molecule has 1 aromatic carbocycles. The van der Waals surface area contributed by atoms with Crippen LogP contribution < -0.4 is 9.47 Å². The van der Waals surface area contributed by atoms with Crippen LogP contribution in [0, 0.1) is 5.92 Å². The number of fused-ring (bicyclic) bond motifs is 1. The van der Waals surface area contributed by atoms with Crippen LogP contribution in [0.15, 0.2) is 36.4 Å². The Kier molecular flexibility index (Phi) is 3.74. The van der Waals surface area contributed by atoms with Gasteiger partial charge in [-0.15, -0.1) is 6.58 Å². The molecule has 0 fully saturated rings. The molecule has 1 aliphatic rings. The molecular weight excluding hydrogens is 256 g/mol. The number of rotatable bonds is 4. The van der Waals surface area contributed by atoms with Crippen LogP contribution in [0.3, 0.4) is 0 Å². The van der Waals surface area contributed by atoms with Crippen LogP contribution in [0.1, 0.15) is 27.6 Å². The number of hydrogen-bond donors (Lipinski definition) is 0. The zero-order valence-corrected chi connectivity index (χ0v) is 11.7. The standard InChI is InChI=1S/C16H16O4/c1-5-9(2)11-8-13(17)15-12(16(11)18)6-10(19-3)7-14(15)20-4/h5-9H,1H2,2-4H3. The first-order chi connectivity index (χ1) is 9.53. The van der Waals surface area contributed by atoms with Crippen molar-refractivity contribution in [3.8, 4) is 11.5 Å². The van der Waals surface area contributed by atoms with Crippen molar-refractivity contribution in [2.45, 2.75) is 6.92 Å². The fraction of sp³-hybridized carbons (Fsp3) is 0.250. The number of Topliss-reactive ketones (excluding diaryl/α,β-unsaturated/α-hetero) is 1. The zero-order chi connectivity index (χ0) is 14.9. The maximum absolute atomic E-state index is 12.5. The van der Waals surface area contributed by atoms with Crippen LogP contribution in [0.4, 0.5) is 0 Å². The molecule has 0 saturated heterocycles. The Morgan fingerprint density at radius 1 is 1.20 bits per heavy atom. The molecule has 0 heterocycles. The van der Waals surface area contributed by atoms with Gasteiger partial charge in [-0.1, -0.05) is 13.0 Å². The summed E-state index contributed by atoms with van der Waals surface area (Å²) in [5.41, 5.74) is 1.04. The Balaban J connectivity index is 2.66. The van der Waals surface area contributed by atoms with Crippen molar-refractivity contribution in [3.05, 3.63) is 47.6 Å². The average molecular weight is 272 g/mol. The summed E-state index contributed by atoms with van der Waals surface area (Å²) >= 11 is 0. The lowest BCUT2D eigenvalue weighted by molar-refractivity contribution is 0.0975. The molecule has 0 radical (unpaired) electrons. The first kappa shape index (κ1) is 14.1. The summed E-state index contributed by atoms with van der Waals surface area (Å²) in [6.45, 7) is 5.49. The summed E-state index contributed by atoms with van der Waals surface area (Å²) < 4.78 is 10.3. The third-order valence-electron chi connectivity index (χ3n) is 3.42. The van der Waals surface area contributed by atoms with E-state index in [4.69, 9.17) is 9.47 Å². The zero-order valence-electron chi connectivity index (χ0n) is 11.7. The molecule has 1 aromatic rings. The van der Waals surface area contributed by atoms with Gasteiger partial charge in [-0.05, 0) is 12.1 Å². The molecule has 1 atom stereocenters. The highest BCUT2D eigenvalue weighted by Crippen LogP contribution is 2.35. The largest absolute Gasteiger partial charge is 0.497 e. The number of benzene rings is 1. The van der Waals surface area contributed by atoms with Crippen LogP contribution in [0.25, 0.3) is 0 Å². The monoisotopic (exact) mass is 272 g/mol. The van der Waals surface area contributed by atoms with E-state index in [-0.39, 0.29) is 17.5 Å². The normalized spacial score (nSPS) is 15.2. The van der Waals surface area contributed by atoms with E-state index in [1.807, 2.05) is 6.92 Å². The smallest absolute Gasteiger partial charge is 0.190 e. The van der Waals surface area contributed by atoms with E-state index < -0.39 is 0 Å². The van der Waals surface area contributed by atoms with Gasteiger partial charge in [0.25, 0.3) is 0 Å². The second kappa shape index (κ2) is 5.33. The molecule has 20 heavy (non-hydrogen) atoms. The van der Waals surface area contributed by atoms with Gasteiger partial charge in [0.1, 0.15) is 11.5 Å². The Bertz CT molecular complexity index is 626. The van der Waals surface area contributed by atoms with E-state index in [9.17, 15) is 9.59 Å². The van der Waals surface area contributed by atoms with Gasteiger partial charge in [0.05, 0.1) is 19.8 Å². The van der Waals surface area contributed by atoms with E-state index in [0.29, 0.717) is 28.2 Å². The molecule has 0 bridgehead atoms. The SMILES string of the molecule is C=CC(C)C1=CC(=O)c2c(OC)cc(OC)cc2C1=O. The lowest BCUT2D eigenvalue weighted by Gasteiger charge is -2.20. The second-order valence-corrected chi connectivity index (χ2v) is 4.57. The molecule has 0 aliphatic heterocycles. The van der Waals surface area contributed by atoms with E-state index in [0.717, 1.165) is 0 Å². The molecule has 0 N–H and O–H groups in total. The third-order valence-corrected chi connectivity index (χ3v) is 3.42. The van der Waals surface area contributed by atoms with Crippen LogP contribution in [0.2, 0.25) is 0 Å². The first-order valence-corrected chi connectivity index (χ1v) is 6.22. The minimum absolute atomic E-state index is 0.184. The number of carbonyl (C=O) groups excluding carboxylic acids is 2. The van der Waals surface area contributed by atoms with Gasteiger partial charge < -0.3 is 9.47 Å². The molecule has 104 valence electrons. The topological polar surface area (TPSA) is 52.6 Å². The maximum atomic E-state index is 12.5. The summed E-state index contributed by atoms with van der Waals surface area (Å²) in [5, 5.41) is 0. The second-order valence-electron chi connectivity index (χ2n) is 4.57. The van der Waals surface area contributed by atoms with Crippen molar-refractivity contribution >= 4 is 11.6 Å². The fourth-order valence-corrected chi connectivity index (χ4v) is 2.20. The van der Waals surface area contributed by atoms with E-state index >= 15 is 0 Å². The number of carbonyl (C=O) groups is 2. The minimum atomic E-state index is -0.234. The first-order valence-electron chi connectivity index (χ1n) is 6.22. The molecule has 0 aromatic heterocycles. The Labute approximate surface area is 117 Å². The Morgan fingerprint density at radius 2 is 1.90 bits per heavy atom. The lowest BCUT2D eigenvalue weighted by Crippen LogP contribution is -2.21. The molecule has 0 saturated carbocycles. The number of methoxy groups -OCH3 is 2. The van der Waals surface area contributed by atoms with Gasteiger partial charge in [0.15, 0.2) is 11.6 Å². The molecule has 2 rings (SSSR count). The van der Waals surface area contributed by atoms with Crippen LogP contribution >= 0.6 is 0 Å². The number of ketones is 2. The number of hydrogen-bond acceptors (Lipinski definition) is 4. The van der Waals surface area contributed by atoms with Crippen molar-refractivity contribution in [2.75, 3.05) is 14.2 Å². The summed E-state index contributed by atoms with van der Waals surface area (Å²) in [6.07, 6.45) is 3.01. The fourth-order valence-electron chi connectivity index (χ4n) is 2.20. The van der Waals surface area contributed by atoms with Crippen LogP contribution in [0.5, 0.6) is 11.5 Å². The highest BCUT2D eigenvalue weighted by atomic mass is 16.5. The summed E-state index contributed by atoms with van der Waals surface area (Å²) in [7, 11) is 2.96. The molecule has 0 spiro atoms. The minimum Gasteiger partial charge on any atom is -0.497 e. The Hall–Kier alpha value is -2.36. The third kappa shape index (κ3) is 2.13. The number of ether oxygens (including phenoxy) is 2. The average Bonchev–Trinajstić information content (AvgIpc) is 2.48. The van der Waals surface area contributed by atoms with Gasteiger partial charge in [0.2, 0.25) is 0 Å². The molecule has 4 nitrogen and oxygen atoms in total.